The molecule has 3 aromatic rings. The smallest absolute Gasteiger partial charge is 0.236 e. The number of carbonyl (C=O) groups is 1. The minimum absolute atomic E-state index is 0.0909. The molecule has 0 aliphatic heterocycles. The van der Waals surface area contributed by atoms with Gasteiger partial charge in [-0.1, -0.05) is 29.8 Å². The van der Waals surface area contributed by atoms with Crippen LogP contribution in [0.15, 0.2) is 59.1 Å². The molecular weight excluding hydrogens is 350 g/mol. The van der Waals surface area contributed by atoms with Crippen LogP contribution < -0.4 is 5.32 Å². The largest absolute Gasteiger partial charge is 0.301 e. The second-order valence-corrected chi connectivity index (χ2v) is 6.85. The van der Waals surface area contributed by atoms with Crippen LogP contribution in [0, 0.1) is 0 Å². The molecule has 7 heteroatoms. The predicted octanol–water partition coefficient (Wildman–Crippen LogP) is 4.59. The number of rotatable bonds is 5. The highest BCUT2D eigenvalue weighted by atomic mass is 35.5. The van der Waals surface area contributed by atoms with E-state index in [0.717, 1.165) is 16.2 Å². The molecule has 0 spiro atoms. The van der Waals surface area contributed by atoms with Gasteiger partial charge in [-0.3, -0.25) is 9.78 Å². The number of benzene rings is 1. The van der Waals surface area contributed by atoms with E-state index in [-0.39, 0.29) is 5.91 Å². The third-order valence-corrected chi connectivity index (χ3v) is 5.02. The number of nitrogens with zero attached hydrogens (tertiary/aromatic N) is 2. The molecule has 0 radical (unpaired) electrons. The Kier molecular flexibility index (Phi) is 5.27. The average Bonchev–Trinajstić information content (AvgIpc) is 3.02. The first-order valence-electron chi connectivity index (χ1n) is 6.75. The van der Waals surface area contributed by atoms with E-state index in [9.17, 15) is 4.79 Å². The number of thiazole rings is 1. The van der Waals surface area contributed by atoms with Crippen molar-refractivity contribution < 1.29 is 4.79 Å². The van der Waals surface area contributed by atoms with E-state index in [2.05, 4.69) is 15.3 Å². The lowest BCUT2D eigenvalue weighted by molar-refractivity contribution is -0.113. The molecule has 3 rings (SSSR count). The third-order valence-electron chi connectivity index (χ3n) is 2.92. The van der Waals surface area contributed by atoms with Gasteiger partial charge in [-0.15, -0.1) is 23.1 Å². The van der Waals surface area contributed by atoms with E-state index in [4.69, 9.17) is 11.6 Å². The van der Waals surface area contributed by atoms with Gasteiger partial charge < -0.3 is 5.32 Å². The average molecular weight is 362 g/mol. The molecule has 1 amide bonds. The van der Waals surface area contributed by atoms with Crippen molar-refractivity contribution in [2.24, 2.45) is 0 Å². The number of hydrogen-bond acceptors (Lipinski definition) is 5. The van der Waals surface area contributed by atoms with Crippen molar-refractivity contribution in [2.75, 3.05) is 11.1 Å². The highest BCUT2D eigenvalue weighted by molar-refractivity contribution is 8.00. The number of hydrogen-bond donors (Lipinski definition) is 1. The first kappa shape index (κ1) is 16.0. The molecule has 0 aliphatic rings. The van der Waals surface area contributed by atoms with Gasteiger partial charge in [-0.05, 0) is 18.2 Å². The number of thioether (sulfide) groups is 1. The number of carbonyl (C=O) groups excluding carboxylic acids is 1. The van der Waals surface area contributed by atoms with Gasteiger partial charge >= 0.3 is 0 Å². The standard InChI is InChI=1S/C16H12ClN3OS2/c17-13-4-2-1-3-12(13)14-9-23-16(19-14)20-15(21)10-22-11-5-7-18-8-6-11/h1-9H,10H2,(H,19,20,21). The molecule has 0 unspecified atom stereocenters. The molecule has 2 aromatic heterocycles. The van der Waals surface area contributed by atoms with E-state index in [1.807, 2.05) is 41.8 Å². The van der Waals surface area contributed by atoms with Gasteiger partial charge in [0.1, 0.15) is 0 Å². The van der Waals surface area contributed by atoms with E-state index in [1.54, 1.807) is 12.4 Å². The molecular formula is C16H12ClN3OS2. The van der Waals surface area contributed by atoms with Crippen molar-refractivity contribution in [3.63, 3.8) is 0 Å². The molecule has 116 valence electrons. The Morgan fingerprint density at radius 3 is 2.78 bits per heavy atom. The molecule has 2 heterocycles. The molecule has 0 fully saturated rings. The second kappa shape index (κ2) is 7.59. The molecule has 0 atom stereocenters. The Labute approximate surface area is 146 Å². The number of amides is 1. The fourth-order valence-corrected chi connectivity index (χ4v) is 3.51. The summed E-state index contributed by atoms with van der Waals surface area (Å²) in [6, 6.07) is 11.2. The van der Waals surface area contributed by atoms with E-state index < -0.39 is 0 Å². The number of aromatic nitrogens is 2. The van der Waals surface area contributed by atoms with Crippen LogP contribution in [-0.2, 0) is 4.79 Å². The molecule has 0 saturated heterocycles. The summed E-state index contributed by atoms with van der Waals surface area (Å²) in [7, 11) is 0. The van der Waals surface area contributed by atoms with Crippen molar-refractivity contribution in [3.8, 4) is 11.3 Å². The number of anilines is 1. The van der Waals surface area contributed by atoms with Crippen LogP contribution in [0.5, 0.6) is 0 Å². The van der Waals surface area contributed by atoms with Gasteiger partial charge in [0, 0.05) is 33.3 Å². The highest BCUT2D eigenvalue weighted by Crippen LogP contribution is 2.30. The Morgan fingerprint density at radius 2 is 2.00 bits per heavy atom. The number of nitrogens with one attached hydrogen (secondary N) is 1. The zero-order chi connectivity index (χ0) is 16.1. The Hall–Kier alpha value is -1.89. The summed E-state index contributed by atoms with van der Waals surface area (Å²) in [5.74, 6) is 0.234. The summed E-state index contributed by atoms with van der Waals surface area (Å²) in [6.45, 7) is 0. The van der Waals surface area contributed by atoms with E-state index in [1.165, 1.54) is 23.1 Å². The molecule has 1 N–H and O–H groups in total. The van der Waals surface area contributed by atoms with Crippen molar-refractivity contribution in [3.05, 3.63) is 59.2 Å². The molecule has 0 aliphatic carbocycles. The minimum Gasteiger partial charge on any atom is -0.301 e. The fourth-order valence-electron chi connectivity index (χ4n) is 1.86. The van der Waals surface area contributed by atoms with Crippen molar-refractivity contribution >= 4 is 45.7 Å². The van der Waals surface area contributed by atoms with Gasteiger partial charge in [-0.2, -0.15) is 0 Å². The highest BCUT2D eigenvalue weighted by Gasteiger charge is 2.10. The van der Waals surface area contributed by atoms with Crippen LogP contribution >= 0.6 is 34.7 Å². The zero-order valence-electron chi connectivity index (χ0n) is 11.9. The molecule has 0 saturated carbocycles. The van der Waals surface area contributed by atoms with Crippen molar-refractivity contribution in [1.82, 2.24) is 9.97 Å². The first-order chi connectivity index (χ1) is 11.2. The zero-order valence-corrected chi connectivity index (χ0v) is 14.3. The normalized spacial score (nSPS) is 10.5. The summed E-state index contributed by atoms with van der Waals surface area (Å²) in [6.07, 6.45) is 3.41. The Balaban J connectivity index is 1.61. The summed E-state index contributed by atoms with van der Waals surface area (Å²) in [4.78, 5) is 21.4. The monoisotopic (exact) mass is 361 g/mol. The quantitative estimate of drug-likeness (QED) is 0.675. The topological polar surface area (TPSA) is 54.9 Å². The molecule has 4 nitrogen and oxygen atoms in total. The van der Waals surface area contributed by atoms with Gasteiger partial charge in [0.2, 0.25) is 5.91 Å². The maximum Gasteiger partial charge on any atom is 0.236 e. The molecule has 1 aromatic carbocycles. The summed E-state index contributed by atoms with van der Waals surface area (Å²) in [5.41, 5.74) is 1.62. The minimum atomic E-state index is -0.0909. The van der Waals surface area contributed by atoms with Crippen molar-refractivity contribution in [1.29, 1.82) is 0 Å². The van der Waals surface area contributed by atoms with Crippen LogP contribution in [0.25, 0.3) is 11.3 Å². The Morgan fingerprint density at radius 1 is 1.22 bits per heavy atom. The summed E-state index contributed by atoms with van der Waals surface area (Å²) < 4.78 is 0. The van der Waals surface area contributed by atoms with E-state index >= 15 is 0 Å². The number of pyridine rings is 1. The number of halogens is 1. The lowest BCUT2D eigenvalue weighted by atomic mass is 10.2. The third kappa shape index (κ3) is 4.31. The van der Waals surface area contributed by atoms with Crippen LogP contribution in [0.4, 0.5) is 5.13 Å². The van der Waals surface area contributed by atoms with Gasteiger partial charge in [0.25, 0.3) is 0 Å². The SMILES string of the molecule is O=C(CSc1ccncc1)Nc1nc(-c2ccccc2Cl)cs1. The lowest BCUT2D eigenvalue weighted by Gasteiger charge is -2.02. The van der Waals surface area contributed by atoms with Crippen LogP contribution in [0.1, 0.15) is 0 Å². The summed E-state index contributed by atoms with van der Waals surface area (Å²) in [5, 5.41) is 5.90. The van der Waals surface area contributed by atoms with E-state index in [0.29, 0.717) is 15.9 Å². The second-order valence-electron chi connectivity index (χ2n) is 4.54. The van der Waals surface area contributed by atoms with Crippen LogP contribution in [0.3, 0.4) is 0 Å². The summed E-state index contributed by atoms with van der Waals surface area (Å²) >= 11 is 9.00. The lowest BCUT2D eigenvalue weighted by Crippen LogP contribution is -2.13. The van der Waals surface area contributed by atoms with Crippen LogP contribution in [0.2, 0.25) is 5.02 Å². The fraction of sp³-hybridized carbons (Fsp3) is 0.0625. The predicted molar refractivity (Wildman–Crippen MR) is 96.2 cm³/mol. The van der Waals surface area contributed by atoms with Gasteiger partial charge in [-0.25, -0.2) is 4.98 Å². The van der Waals surface area contributed by atoms with Crippen molar-refractivity contribution in [2.45, 2.75) is 4.90 Å². The maximum absolute atomic E-state index is 12.0. The van der Waals surface area contributed by atoms with Crippen LogP contribution in [-0.4, -0.2) is 21.6 Å². The van der Waals surface area contributed by atoms with Gasteiger partial charge in [0.15, 0.2) is 5.13 Å². The molecule has 0 bridgehead atoms. The Bertz CT molecular complexity index is 808. The molecule has 23 heavy (non-hydrogen) atoms. The maximum atomic E-state index is 12.0. The van der Waals surface area contributed by atoms with Gasteiger partial charge in [0.05, 0.1) is 11.4 Å². The first-order valence-corrected chi connectivity index (χ1v) is 9.00.